The number of rotatable bonds is 9. The Hall–Kier alpha value is -4.15. The van der Waals surface area contributed by atoms with Crippen LogP contribution in [0.1, 0.15) is 29.8 Å². The summed E-state index contributed by atoms with van der Waals surface area (Å²) in [5, 5.41) is 1.48. The first kappa shape index (κ1) is 27.9. The summed E-state index contributed by atoms with van der Waals surface area (Å²) in [4.78, 5) is 27.7. The third kappa shape index (κ3) is 5.39. The number of hydrazine groups is 1. The monoisotopic (exact) mass is 538 g/mol. The zero-order chi connectivity index (χ0) is 28.3. The second-order valence-corrected chi connectivity index (χ2v) is 9.02. The summed E-state index contributed by atoms with van der Waals surface area (Å²) in [6, 6.07) is 16.1. The van der Waals surface area contributed by atoms with E-state index in [1.807, 2.05) is 25.1 Å². The van der Waals surface area contributed by atoms with Crippen LogP contribution in [0.5, 0.6) is 5.75 Å². The summed E-state index contributed by atoms with van der Waals surface area (Å²) < 4.78 is 51.8. The van der Waals surface area contributed by atoms with Crippen LogP contribution in [0.15, 0.2) is 76.3 Å². The largest absolute Gasteiger partial charge is 0.494 e. The molecule has 4 aromatic rings. The Morgan fingerprint density at radius 2 is 1.56 bits per heavy atom. The van der Waals surface area contributed by atoms with E-state index in [1.165, 1.54) is 43.3 Å². The molecule has 0 saturated carbocycles. The van der Waals surface area contributed by atoms with E-state index in [2.05, 4.69) is 0 Å². The van der Waals surface area contributed by atoms with Gasteiger partial charge in [-0.25, -0.2) is 23.0 Å². The van der Waals surface area contributed by atoms with Crippen molar-refractivity contribution in [2.45, 2.75) is 33.0 Å². The molecule has 10 heteroatoms. The van der Waals surface area contributed by atoms with Crippen LogP contribution in [-0.4, -0.2) is 27.8 Å². The SMILES string of the molecule is CCN(N)C(Cn1c(=O)c(-c2cccc(OC)c2F)c(C)n(Cc2c(F)cccc2F)c1=O)c1ccccc1. The average molecular weight is 539 g/mol. The second kappa shape index (κ2) is 11.7. The van der Waals surface area contributed by atoms with Gasteiger partial charge in [-0.15, -0.1) is 0 Å². The van der Waals surface area contributed by atoms with Crippen LogP contribution in [0.4, 0.5) is 13.2 Å². The lowest BCUT2D eigenvalue weighted by molar-refractivity contribution is 0.188. The molecule has 3 aromatic carbocycles. The first-order valence-electron chi connectivity index (χ1n) is 12.4. The lowest BCUT2D eigenvalue weighted by atomic mass is 10.0. The highest BCUT2D eigenvalue weighted by Gasteiger charge is 2.26. The van der Waals surface area contributed by atoms with E-state index in [0.29, 0.717) is 6.54 Å². The first-order chi connectivity index (χ1) is 18.7. The molecule has 0 aliphatic rings. The summed E-state index contributed by atoms with van der Waals surface area (Å²) in [6.45, 7) is 2.95. The van der Waals surface area contributed by atoms with Gasteiger partial charge in [0.2, 0.25) is 0 Å². The zero-order valence-corrected chi connectivity index (χ0v) is 21.8. The fourth-order valence-corrected chi connectivity index (χ4v) is 4.63. The maximum Gasteiger partial charge on any atom is 0.331 e. The molecule has 2 N–H and O–H groups in total. The van der Waals surface area contributed by atoms with Gasteiger partial charge in [0, 0.05) is 23.4 Å². The summed E-state index contributed by atoms with van der Waals surface area (Å²) >= 11 is 0. The Morgan fingerprint density at radius 1 is 0.923 bits per heavy atom. The standard InChI is InChI=1S/C29H29F3N4O3/c1-4-36(33)24(19-10-6-5-7-11-19)17-35-28(37)26(20-12-8-15-25(39-3)27(20)32)18(2)34(29(35)38)16-21-22(30)13-9-14-23(21)31/h5-15,24H,4,16-17,33H2,1-3H3. The molecule has 39 heavy (non-hydrogen) atoms. The van der Waals surface area contributed by atoms with Crippen molar-refractivity contribution >= 4 is 0 Å². The number of benzene rings is 3. The molecular formula is C29H29F3N4O3. The van der Waals surface area contributed by atoms with E-state index in [1.54, 1.807) is 12.1 Å². The highest BCUT2D eigenvalue weighted by atomic mass is 19.1. The van der Waals surface area contributed by atoms with Crippen molar-refractivity contribution < 1.29 is 17.9 Å². The average Bonchev–Trinajstić information content (AvgIpc) is 2.93. The number of methoxy groups -OCH3 is 1. The molecule has 0 radical (unpaired) electrons. The van der Waals surface area contributed by atoms with Gasteiger partial charge < -0.3 is 4.74 Å². The summed E-state index contributed by atoms with van der Waals surface area (Å²) in [5.41, 5.74) is -1.38. The van der Waals surface area contributed by atoms with Crippen molar-refractivity contribution in [2.24, 2.45) is 5.84 Å². The van der Waals surface area contributed by atoms with E-state index in [0.717, 1.165) is 26.8 Å². The summed E-state index contributed by atoms with van der Waals surface area (Å²) in [5.74, 6) is 3.67. The van der Waals surface area contributed by atoms with Gasteiger partial charge in [-0.1, -0.05) is 55.5 Å². The van der Waals surface area contributed by atoms with Crippen molar-refractivity contribution in [2.75, 3.05) is 13.7 Å². The molecule has 1 unspecified atom stereocenters. The number of aromatic nitrogens is 2. The Morgan fingerprint density at radius 3 is 2.18 bits per heavy atom. The molecular weight excluding hydrogens is 509 g/mol. The highest BCUT2D eigenvalue weighted by Crippen LogP contribution is 2.29. The van der Waals surface area contributed by atoms with Crippen LogP contribution >= 0.6 is 0 Å². The normalized spacial score (nSPS) is 12.1. The Balaban J connectivity index is 2.01. The van der Waals surface area contributed by atoms with Gasteiger partial charge in [0.15, 0.2) is 11.6 Å². The van der Waals surface area contributed by atoms with Gasteiger partial charge >= 0.3 is 5.69 Å². The number of likely N-dealkylation sites (N-methyl/N-ethyl adjacent to an activating group) is 1. The van der Waals surface area contributed by atoms with E-state index >= 15 is 4.39 Å². The zero-order valence-electron chi connectivity index (χ0n) is 21.8. The fraction of sp³-hybridized carbons (Fsp3) is 0.241. The number of nitrogens with zero attached hydrogens (tertiary/aromatic N) is 3. The van der Waals surface area contributed by atoms with E-state index < -0.39 is 41.3 Å². The second-order valence-electron chi connectivity index (χ2n) is 9.02. The fourth-order valence-electron chi connectivity index (χ4n) is 4.63. The topological polar surface area (TPSA) is 82.5 Å². The maximum absolute atomic E-state index is 15.4. The minimum atomic E-state index is -0.852. The number of hydrogen-bond donors (Lipinski definition) is 1. The van der Waals surface area contributed by atoms with Gasteiger partial charge in [-0.05, 0) is 30.7 Å². The third-order valence-electron chi connectivity index (χ3n) is 6.82. The van der Waals surface area contributed by atoms with E-state index in [9.17, 15) is 18.4 Å². The molecule has 0 bridgehead atoms. The maximum atomic E-state index is 15.4. The minimum Gasteiger partial charge on any atom is -0.494 e. The van der Waals surface area contributed by atoms with Crippen LogP contribution in [0.2, 0.25) is 0 Å². The Labute approximate surface area is 223 Å². The molecule has 0 spiro atoms. The van der Waals surface area contributed by atoms with Gasteiger partial charge in [0.25, 0.3) is 5.56 Å². The van der Waals surface area contributed by atoms with Crippen molar-refractivity contribution in [3.63, 3.8) is 0 Å². The van der Waals surface area contributed by atoms with Crippen LogP contribution in [-0.2, 0) is 13.1 Å². The van der Waals surface area contributed by atoms with Crippen molar-refractivity contribution in [3.8, 4) is 16.9 Å². The van der Waals surface area contributed by atoms with Crippen molar-refractivity contribution in [1.29, 1.82) is 0 Å². The molecule has 0 fully saturated rings. The van der Waals surface area contributed by atoms with E-state index in [4.69, 9.17) is 10.6 Å². The molecule has 0 saturated heterocycles. The Kier molecular flexibility index (Phi) is 8.37. The molecule has 7 nitrogen and oxygen atoms in total. The third-order valence-corrected chi connectivity index (χ3v) is 6.82. The molecule has 0 aliphatic heterocycles. The van der Waals surface area contributed by atoms with Crippen molar-refractivity contribution in [1.82, 2.24) is 14.1 Å². The molecule has 1 heterocycles. The number of ether oxygens (including phenoxy) is 1. The molecule has 1 atom stereocenters. The van der Waals surface area contributed by atoms with Crippen LogP contribution in [0.3, 0.4) is 0 Å². The van der Waals surface area contributed by atoms with Gasteiger partial charge in [0.05, 0.1) is 31.8 Å². The van der Waals surface area contributed by atoms with Gasteiger partial charge in [0.1, 0.15) is 11.6 Å². The summed E-state index contributed by atoms with van der Waals surface area (Å²) in [6.07, 6.45) is 0. The predicted molar refractivity (Wildman–Crippen MR) is 143 cm³/mol. The lowest BCUT2D eigenvalue weighted by Gasteiger charge is -2.28. The minimum absolute atomic E-state index is 0.0485. The molecule has 0 amide bonds. The lowest BCUT2D eigenvalue weighted by Crippen LogP contribution is -2.46. The molecule has 1 aromatic heterocycles. The van der Waals surface area contributed by atoms with Crippen LogP contribution < -0.4 is 21.8 Å². The van der Waals surface area contributed by atoms with Gasteiger partial charge in [-0.2, -0.15) is 0 Å². The molecule has 204 valence electrons. The van der Waals surface area contributed by atoms with Crippen molar-refractivity contribution in [3.05, 3.63) is 122 Å². The smallest absolute Gasteiger partial charge is 0.331 e. The molecule has 0 aliphatic carbocycles. The van der Waals surface area contributed by atoms with E-state index in [-0.39, 0.29) is 34.7 Å². The number of hydrogen-bond acceptors (Lipinski definition) is 5. The number of nitrogens with two attached hydrogens (primary N) is 1. The molecule has 4 rings (SSSR count). The predicted octanol–water partition coefficient (Wildman–Crippen LogP) is 4.40. The first-order valence-corrected chi connectivity index (χ1v) is 12.4. The van der Waals surface area contributed by atoms with Crippen LogP contribution in [0, 0.1) is 24.4 Å². The Bertz CT molecular complexity index is 1580. The highest BCUT2D eigenvalue weighted by molar-refractivity contribution is 5.67. The van der Waals surface area contributed by atoms with Crippen LogP contribution in [0.25, 0.3) is 11.1 Å². The number of halogens is 3. The van der Waals surface area contributed by atoms with Gasteiger partial charge in [-0.3, -0.25) is 19.8 Å². The summed E-state index contributed by atoms with van der Waals surface area (Å²) in [7, 11) is 1.29. The quantitative estimate of drug-likeness (QED) is 0.252.